The van der Waals surface area contributed by atoms with Crippen LogP contribution in [0.4, 0.5) is 0 Å². The minimum atomic E-state index is -0.511. The van der Waals surface area contributed by atoms with Gasteiger partial charge in [0.2, 0.25) is 0 Å². The third-order valence-electron chi connectivity index (χ3n) is 1.90. The molecule has 0 aromatic rings. The number of rotatable bonds is 3. The van der Waals surface area contributed by atoms with Gasteiger partial charge in [-0.3, -0.25) is 4.79 Å². The highest BCUT2D eigenvalue weighted by atomic mass is 16.3. The molecule has 0 unspecified atom stereocenters. The molecule has 1 saturated heterocycles. The van der Waals surface area contributed by atoms with Crippen LogP contribution >= 0.6 is 0 Å². The van der Waals surface area contributed by atoms with Crippen LogP contribution in [-0.4, -0.2) is 30.1 Å². The van der Waals surface area contributed by atoms with Gasteiger partial charge >= 0.3 is 0 Å². The lowest BCUT2D eigenvalue weighted by molar-refractivity contribution is -0.104. The van der Waals surface area contributed by atoms with E-state index in [1.807, 2.05) is 0 Å². The van der Waals surface area contributed by atoms with E-state index in [9.17, 15) is 9.90 Å². The molecule has 0 amide bonds. The fourth-order valence-corrected chi connectivity index (χ4v) is 1.30. The SMILES string of the molecule is O=C/C=C/[C@H](O)[C@H]1CCCN1. The van der Waals surface area contributed by atoms with Crippen LogP contribution < -0.4 is 5.32 Å². The summed E-state index contributed by atoms with van der Waals surface area (Å²) in [5.74, 6) is 0. The molecule has 0 bridgehead atoms. The lowest BCUT2D eigenvalue weighted by atomic mass is 10.1. The average molecular weight is 155 g/mol. The van der Waals surface area contributed by atoms with E-state index in [0.29, 0.717) is 6.29 Å². The highest BCUT2D eigenvalue weighted by Gasteiger charge is 2.19. The third kappa shape index (κ3) is 2.44. The molecule has 1 rings (SSSR count). The van der Waals surface area contributed by atoms with Crippen LogP contribution in [0.3, 0.4) is 0 Å². The zero-order chi connectivity index (χ0) is 8.10. The van der Waals surface area contributed by atoms with E-state index in [-0.39, 0.29) is 6.04 Å². The van der Waals surface area contributed by atoms with Crippen molar-refractivity contribution in [2.75, 3.05) is 6.54 Å². The van der Waals surface area contributed by atoms with Gasteiger partial charge in [0.1, 0.15) is 6.29 Å². The Morgan fingerprint density at radius 2 is 2.45 bits per heavy atom. The van der Waals surface area contributed by atoms with Crippen LogP contribution in [0.25, 0.3) is 0 Å². The molecule has 62 valence electrons. The summed E-state index contributed by atoms with van der Waals surface area (Å²) in [6.07, 6.45) is 5.13. The largest absolute Gasteiger partial charge is 0.387 e. The maximum atomic E-state index is 9.91. The van der Waals surface area contributed by atoms with Crippen LogP contribution in [0.2, 0.25) is 0 Å². The highest BCUT2D eigenvalue weighted by Crippen LogP contribution is 2.09. The van der Waals surface area contributed by atoms with Gasteiger partial charge in [-0.05, 0) is 25.5 Å². The second-order valence-corrected chi connectivity index (χ2v) is 2.71. The van der Waals surface area contributed by atoms with Gasteiger partial charge in [0.25, 0.3) is 0 Å². The van der Waals surface area contributed by atoms with Crippen molar-refractivity contribution in [2.45, 2.75) is 25.0 Å². The molecule has 2 atom stereocenters. The second-order valence-electron chi connectivity index (χ2n) is 2.71. The lowest BCUT2D eigenvalue weighted by Crippen LogP contribution is -2.33. The molecule has 0 radical (unpaired) electrons. The second kappa shape index (κ2) is 4.26. The van der Waals surface area contributed by atoms with Crippen LogP contribution in [-0.2, 0) is 4.79 Å². The minimum absolute atomic E-state index is 0.145. The molecule has 0 aromatic heterocycles. The summed E-state index contributed by atoms with van der Waals surface area (Å²) in [7, 11) is 0. The first-order valence-corrected chi connectivity index (χ1v) is 3.88. The Balaban J connectivity index is 2.33. The first-order chi connectivity index (χ1) is 5.34. The smallest absolute Gasteiger partial charge is 0.142 e. The predicted octanol–water partition coefficient (Wildman–Crippen LogP) is -0.146. The topological polar surface area (TPSA) is 49.3 Å². The van der Waals surface area contributed by atoms with Gasteiger partial charge in [0.05, 0.1) is 6.10 Å². The summed E-state index contributed by atoms with van der Waals surface area (Å²) in [5, 5.41) is 12.5. The summed E-state index contributed by atoms with van der Waals surface area (Å²) in [6.45, 7) is 0.969. The van der Waals surface area contributed by atoms with Crippen molar-refractivity contribution in [1.82, 2.24) is 5.32 Å². The van der Waals surface area contributed by atoms with Crippen molar-refractivity contribution in [3.63, 3.8) is 0 Å². The molecule has 1 heterocycles. The van der Waals surface area contributed by atoms with Crippen LogP contribution in [0, 0.1) is 0 Å². The molecule has 3 nitrogen and oxygen atoms in total. The number of aldehydes is 1. The minimum Gasteiger partial charge on any atom is -0.387 e. The summed E-state index contributed by atoms with van der Waals surface area (Å²) >= 11 is 0. The molecule has 2 N–H and O–H groups in total. The number of carbonyl (C=O) groups is 1. The van der Waals surface area contributed by atoms with Crippen molar-refractivity contribution >= 4 is 6.29 Å². The monoisotopic (exact) mass is 155 g/mol. The fraction of sp³-hybridized carbons (Fsp3) is 0.625. The number of hydrogen-bond donors (Lipinski definition) is 2. The Morgan fingerprint density at radius 3 is 3.00 bits per heavy atom. The van der Waals surface area contributed by atoms with Gasteiger partial charge < -0.3 is 10.4 Å². The maximum Gasteiger partial charge on any atom is 0.142 e. The molecular formula is C8H13NO2. The Bertz CT molecular complexity index is 150. The van der Waals surface area contributed by atoms with E-state index < -0.39 is 6.10 Å². The van der Waals surface area contributed by atoms with Crippen LogP contribution in [0.1, 0.15) is 12.8 Å². The molecule has 1 aliphatic rings. The summed E-state index contributed by atoms with van der Waals surface area (Å²) in [6, 6.07) is 0.145. The van der Waals surface area contributed by atoms with Crippen LogP contribution in [0.15, 0.2) is 12.2 Å². The molecule has 0 aliphatic carbocycles. The molecular weight excluding hydrogens is 142 g/mol. The van der Waals surface area contributed by atoms with Gasteiger partial charge in [0, 0.05) is 6.04 Å². The standard InChI is InChI=1S/C8H13NO2/c10-6-2-4-8(11)7-3-1-5-9-7/h2,4,6-9,11H,1,3,5H2/b4-2+/t7-,8+/m1/s1. The number of allylic oxidation sites excluding steroid dienone is 1. The highest BCUT2D eigenvalue weighted by molar-refractivity contribution is 5.64. The quantitative estimate of drug-likeness (QED) is 0.440. The molecule has 3 heteroatoms. The molecule has 0 spiro atoms. The van der Waals surface area contributed by atoms with Crippen molar-refractivity contribution in [3.8, 4) is 0 Å². The summed E-state index contributed by atoms with van der Waals surface area (Å²) in [4.78, 5) is 9.91. The Kier molecular flexibility index (Phi) is 3.26. The van der Waals surface area contributed by atoms with Gasteiger partial charge in [-0.1, -0.05) is 6.08 Å². The van der Waals surface area contributed by atoms with Crippen molar-refractivity contribution in [3.05, 3.63) is 12.2 Å². The van der Waals surface area contributed by atoms with Gasteiger partial charge in [-0.25, -0.2) is 0 Å². The van der Waals surface area contributed by atoms with E-state index in [0.717, 1.165) is 19.4 Å². The van der Waals surface area contributed by atoms with E-state index in [1.165, 1.54) is 12.2 Å². The Morgan fingerprint density at radius 1 is 1.64 bits per heavy atom. The third-order valence-corrected chi connectivity index (χ3v) is 1.90. The molecule has 0 saturated carbocycles. The number of nitrogens with one attached hydrogen (secondary N) is 1. The van der Waals surface area contributed by atoms with Gasteiger partial charge in [-0.2, -0.15) is 0 Å². The Labute approximate surface area is 66.1 Å². The predicted molar refractivity (Wildman–Crippen MR) is 42.2 cm³/mol. The average Bonchev–Trinajstić information content (AvgIpc) is 2.52. The first-order valence-electron chi connectivity index (χ1n) is 3.88. The van der Waals surface area contributed by atoms with Crippen molar-refractivity contribution in [2.24, 2.45) is 0 Å². The molecule has 1 fully saturated rings. The maximum absolute atomic E-state index is 9.91. The van der Waals surface area contributed by atoms with E-state index in [2.05, 4.69) is 5.32 Å². The first kappa shape index (κ1) is 8.43. The number of hydrogen-bond acceptors (Lipinski definition) is 3. The van der Waals surface area contributed by atoms with Crippen molar-refractivity contribution in [1.29, 1.82) is 0 Å². The van der Waals surface area contributed by atoms with E-state index >= 15 is 0 Å². The van der Waals surface area contributed by atoms with Crippen LogP contribution in [0.5, 0.6) is 0 Å². The van der Waals surface area contributed by atoms with Gasteiger partial charge in [-0.15, -0.1) is 0 Å². The van der Waals surface area contributed by atoms with E-state index in [4.69, 9.17) is 0 Å². The molecule has 0 aromatic carbocycles. The zero-order valence-corrected chi connectivity index (χ0v) is 6.36. The molecule has 11 heavy (non-hydrogen) atoms. The number of aliphatic hydroxyl groups is 1. The summed E-state index contributed by atoms with van der Waals surface area (Å²) in [5.41, 5.74) is 0. The molecule has 1 aliphatic heterocycles. The van der Waals surface area contributed by atoms with Gasteiger partial charge in [0.15, 0.2) is 0 Å². The number of aliphatic hydroxyl groups excluding tert-OH is 1. The number of carbonyl (C=O) groups excluding carboxylic acids is 1. The zero-order valence-electron chi connectivity index (χ0n) is 6.36. The fourth-order valence-electron chi connectivity index (χ4n) is 1.30. The van der Waals surface area contributed by atoms with E-state index in [1.54, 1.807) is 0 Å². The van der Waals surface area contributed by atoms with Crippen molar-refractivity contribution < 1.29 is 9.90 Å². The lowest BCUT2D eigenvalue weighted by Gasteiger charge is -2.13. The normalized spacial score (nSPS) is 27.5. The Hall–Kier alpha value is -0.670. The summed E-state index contributed by atoms with van der Waals surface area (Å²) < 4.78 is 0.